The van der Waals surface area contributed by atoms with Crippen LogP contribution in [0.25, 0.3) is 21.1 Å². The summed E-state index contributed by atoms with van der Waals surface area (Å²) < 4.78 is 54.7. The zero-order valence-electron chi connectivity index (χ0n) is 9.46. The predicted molar refractivity (Wildman–Crippen MR) is 60.2 cm³/mol. The average Bonchev–Trinajstić information content (AvgIpc) is 2.46. The maximum Gasteiger partial charge on any atom is 0.429 e. The van der Waals surface area contributed by atoms with Gasteiger partial charge in [-0.2, -0.15) is 10.5 Å². The van der Waals surface area contributed by atoms with Crippen LogP contribution in [0.4, 0.5) is 17.6 Å². The predicted octanol–water partition coefficient (Wildman–Crippen LogP) is 1.43. The Morgan fingerprint density at radius 2 is 1.00 bits per heavy atom. The molecule has 0 aliphatic carbocycles. The van der Waals surface area contributed by atoms with Gasteiger partial charge in [0.2, 0.25) is 0 Å². The van der Waals surface area contributed by atoms with Gasteiger partial charge in [-0.3, -0.25) is 0 Å². The number of halogens is 4. The Hall–Kier alpha value is -3.36. The summed E-state index contributed by atoms with van der Waals surface area (Å²) >= 11 is 0. The lowest BCUT2D eigenvalue weighted by Crippen LogP contribution is -2.30. The van der Waals surface area contributed by atoms with Crippen molar-refractivity contribution in [2.24, 2.45) is 0 Å². The minimum Gasteiger partial charge on any atom is -0.203 e. The molecule has 1 rings (SSSR count). The number of nitrogens with zero attached hydrogens (tertiary/aromatic N) is 4. The summed E-state index contributed by atoms with van der Waals surface area (Å²) in [5.41, 5.74) is -2.12. The first kappa shape index (κ1) is 14.7. The van der Waals surface area contributed by atoms with Gasteiger partial charge < -0.3 is 0 Å². The fourth-order valence-electron chi connectivity index (χ4n) is 1.35. The van der Waals surface area contributed by atoms with Crippen LogP contribution in [0.2, 0.25) is 0 Å². The van der Waals surface area contributed by atoms with Crippen molar-refractivity contribution in [1.82, 2.24) is 0 Å². The van der Waals surface area contributed by atoms with E-state index in [-0.39, 0.29) is 0 Å². The molecule has 0 aromatic heterocycles. The molecule has 0 unspecified atom stereocenters. The van der Waals surface area contributed by atoms with Crippen molar-refractivity contribution < 1.29 is 17.6 Å². The van der Waals surface area contributed by atoms with Crippen LogP contribution < -0.4 is 10.4 Å². The highest BCUT2D eigenvalue weighted by atomic mass is 19.2. The number of hydrogen-bond donors (Lipinski definition) is 0. The molecule has 96 valence electrons. The zero-order valence-corrected chi connectivity index (χ0v) is 9.46. The van der Waals surface area contributed by atoms with Gasteiger partial charge in [0.05, 0.1) is 0 Å². The van der Waals surface area contributed by atoms with Crippen molar-refractivity contribution in [3.05, 3.63) is 43.4 Å². The summed E-state index contributed by atoms with van der Waals surface area (Å²) in [4.78, 5) is 5.44. The van der Waals surface area contributed by atoms with Crippen LogP contribution in [0, 0.1) is 59.1 Å². The maximum absolute atomic E-state index is 13.7. The Kier molecular flexibility index (Phi) is 4.06. The Bertz CT molecular complexity index is 746. The fourth-order valence-corrected chi connectivity index (χ4v) is 1.35. The van der Waals surface area contributed by atoms with Crippen molar-refractivity contribution in [3.63, 3.8) is 0 Å². The van der Waals surface area contributed by atoms with Crippen molar-refractivity contribution in [1.29, 1.82) is 10.5 Å². The van der Waals surface area contributed by atoms with Gasteiger partial charge in [0.25, 0.3) is 13.1 Å². The minimum atomic E-state index is -1.94. The molecule has 0 saturated carbocycles. The largest absolute Gasteiger partial charge is 0.429 e. The molecule has 1 aromatic carbocycles. The molecule has 0 saturated heterocycles. The molecule has 0 aliphatic heterocycles. The van der Waals surface area contributed by atoms with Crippen LogP contribution in [0.3, 0.4) is 0 Å². The zero-order chi connectivity index (χ0) is 15.4. The molecule has 0 aliphatic rings. The highest BCUT2D eigenvalue weighted by Gasteiger charge is 2.28. The first-order valence-corrected chi connectivity index (χ1v) is 4.67. The lowest BCUT2D eigenvalue weighted by atomic mass is 10.1. The van der Waals surface area contributed by atoms with E-state index in [2.05, 4.69) is 9.69 Å². The standard InChI is InChI=1S/C12H2F4N4/c1-19-5(3-17)7-9(13)11(15)8(6(4-18)20-2)12(16)10(7)14/h1-2H/q+2. The molecule has 0 atom stereocenters. The van der Waals surface area contributed by atoms with Crippen LogP contribution >= 0.6 is 0 Å². The van der Waals surface area contributed by atoms with E-state index in [1.165, 1.54) is 12.1 Å². The van der Waals surface area contributed by atoms with E-state index >= 15 is 0 Å². The summed E-state index contributed by atoms with van der Waals surface area (Å²) in [6.45, 7) is 9.39. The van der Waals surface area contributed by atoms with Crippen LogP contribution in [-0.2, 0) is 0 Å². The SMILES string of the molecule is C#[N+]C(C#N)=c1c(F)c(F)c(=C(C#N)[N+]#C)c(F)c1F. The molecule has 4 nitrogen and oxygen atoms in total. The normalized spacial score (nSPS) is 8.80. The second-order valence-electron chi connectivity index (χ2n) is 3.18. The van der Waals surface area contributed by atoms with Gasteiger partial charge in [-0.15, -0.1) is 0 Å². The molecule has 8 heteroatoms. The molecule has 0 bridgehead atoms. The Balaban J connectivity index is 4.35. The van der Waals surface area contributed by atoms with Gasteiger partial charge in [0, 0.05) is 0 Å². The maximum atomic E-state index is 13.7. The number of benzene rings is 1. The summed E-state index contributed by atoms with van der Waals surface area (Å²) in [6.07, 6.45) is 0. The summed E-state index contributed by atoms with van der Waals surface area (Å²) in [6, 6.07) is 2.35. The van der Waals surface area contributed by atoms with Crippen LogP contribution in [0.1, 0.15) is 0 Å². The third-order valence-electron chi connectivity index (χ3n) is 2.21. The van der Waals surface area contributed by atoms with E-state index in [1.54, 1.807) is 0 Å². The number of nitriles is 2. The summed E-state index contributed by atoms with van der Waals surface area (Å²) in [7, 11) is 0. The molecule has 0 spiro atoms. The second kappa shape index (κ2) is 5.52. The van der Waals surface area contributed by atoms with E-state index < -0.39 is 45.1 Å². The third kappa shape index (κ3) is 2.03. The summed E-state index contributed by atoms with van der Waals surface area (Å²) in [5, 5.41) is 14.3. The molecule has 0 fully saturated rings. The highest BCUT2D eigenvalue weighted by Crippen LogP contribution is 2.07. The molecule has 0 amide bonds. The smallest absolute Gasteiger partial charge is 0.203 e. The van der Waals surface area contributed by atoms with Crippen LogP contribution in [-0.4, -0.2) is 0 Å². The highest BCUT2D eigenvalue weighted by molar-refractivity contribution is 5.69. The Labute approximate surface area is 109 Å². The van der Waals surface area contributed by atoms with Crippen molar-refractivity contribution in [2.45, 2.75) is 0 Å². The molecule has 0 N–H and O–H groups in total. The van der Waals surface area contributed by atoms with E-state index in [9.17, 15) is 17.6 Å². The molecular weight excluding hydrogens is 276 g/mol. The van der Waals surface area contributed by atoms with Gasteiger partial charge >= 0.3 is 11.4 Å². The van der Waals surface area contributed by atoms with Gasteiger partial charge in [-0.25, -0.2) is 17.6 Å². The van der Waals surface area contributed by atoms with Gasteiger partial charge in [-0.05, 0) is 9.69 Å². The topological polar surface area (TPSA) is 56.3 Å². The Morgan fingerprint density at radius 1 is 0.750 bits per heavy atom. The van der Waals surface area contributed by atoms with Crippen LogP contribution in [0.15, 0.2) is 0 Å². The molecule has 1 aromatic rings. The van der Waals surface area contributed by atoms with E-state index in [0.29, 0.717) is 0 Å². The molecular formula is C12H2F4N4+2. The van der Waals surface area contributed by atoms with Gasteiger partial charge in [0.1, 0.15) is 0 Å². The lowest BCUT2D eigenvalue weighted by molar-refractivity contribution is 0.434. The first-order chi connectivity index (χ1) is 9.44. The van der Waals surface area contributed by atoms with Gasteiger partial charge in [-0.1, -0.05) is 0 Å². The molecule has 0 heterocycles. The minimum absolute atomic E-state index is 1.06. The Morgan fingerprint density at radius 3 is 1.15 bits per heavy atom. The monoisotopic (exact) mass is 278 g/mol. The first-order valence-electron chi connectivity index (χ1n) is 4.67. The molecule has 20 heavy (non-hydrogen) atoms. The quantitative estimate of drug-likeness (QED) is 0.532. The average molecular weight is 278 g/mol. The second-order valence-corrected chi connectivity index (χ2v) is 3.18. The number of hydrogen-bond acceptors (Lipinski definition) is 2. The van der Waals surface area contributed by atoms with E-state index in [1.807, 2.05) is 0 Å². The van der Waals surface area contributed by atoms with Crippen molar-refractivity contribution in [2.75, 3.05) is 0 Å². The van der Waals surface area contributed by atoms with E-state index in [0.717, 1.165) is 0 Å². The molecule has 0 radical (unpaired) electrons. The van der Waals surface area contributed by atoms with Crippen LogP contribution in [0.5, 0.6) is 0 Å². The third-order valence-corrected chi connectivity index (χ3v) is 2.21. The lowest BCUT2D eigenvalue weighted by Gasteiger charge is -1.97. The number of rotatable bonds is 0. The summed E-state index contributed by atoms with van der Waals surface area (Å²) in [5.74, 6) is -7.77. The van der Waals surface area contributed by atoms with E-state index in [4.69, 9.17) is 23.7 Å². The van der Waals surface area contributed by atoms with Crippen molar-refractivity contribution in [3.8, 4) is 25.3 Å². The fraction of sp³-hybridized carbons (Fsp3) is 0. The van der Waals surface area contributed by atoms with Gasteiger partial charge in [0.15, 0.2) is 45.8 Å². The van der Waals surface area contributed by atoms with Crippen molar-refractivity contribution >= 4 is 11.4 Å².